The van der Waals surface area contributed by atoms with Gasteiger partial charge in [0.25, 0.3) is 0 Å². The molecule has 0 bridgehead atoms. The van der Waals surface area contributed by atoms with Crippen molar-refractivity contribution in [3.05, 3.63) is 73.7 Å². The van der Waals surface area contributed by atoms with Crippen LogP contribution in [0.25, 0.3) is 6.08 Å². The van der Waals surface area contributed by atoms with Gasteiger partial charge in [0.2, 0.25) is 5.91 Å². The minimum absolute atomic E-state index is 0.262. The lowest BCUT2D eigenvalue weighted by atomic mass is 10.2. The highest BCUT2D eigenvalue weighted by atomic mass is 35.5. The van der Waals surface area contributed by atoms with Crippen LogP contribution in [0.3, 0.4) is 0 Å². The number of rotatable bonds is 4. The summed E-state index contributed by atoms with van der Waals surface area (Å²) in [5.74, 6) is -0.262. The van der Waals surface area contributed by atoms with Crippen LogP contribution < -0.4 is 5.32 Å². The maximum absolute atomic E-state index is 11.8. The molecule has 0 aliphatic rings. The minimum atomic E-state index is -0.262. The fourth-order valence-electron chi connectivity index (χ4n) is 1.73. The second-order valence-corrected chi connectivity index (χ2v) is 6.06. The van der Waals surface area contributed by atoms with Crippen LogP contribution in [0.4, 0.5) is 0 Å². The van der Waals surface area contributed by atoms with E-state index in [0.717, 1.165) is 5.56 Å². The Morgan fingerprint density at radius 2 is 1.64 bits per heavy atom. The van der Waals surface area contributed by atoms with Crippen LogP contribution >= 0.6 is 46.4 Å². The molecule has 0 saturated carbocycles. The monoisotopic (exact) mass is 373 g/mol. The van der Waals surface area contributed by atoms with E-state index < -0.39 is 0 Å². The molecule has 1 N–H and O–H groups in total. The Morgan fingerprint density at radius 3 is 2.27 bits per heavy atom. The first kappa shape index (κ1) is 17.2. The van der Waals surface area contributed by atoms with Gasteiger partial charge in [-0.05, 0) is 35.9 Å². The Hall–Kier alpha value is -1.19. The number of carbonyl (C=O) groups excluding carboxylic acids is 1. The van der Waals surface area contributed by atoms with E-state index in [1.54, 1.807) is 42.5 Å². The Morgan fingerprint density at radius 1 is 0.955 bits per heavy atom. The van der Waals surface area contributed by atoms with Crippen LogP contribution in [-0.4, -0.2) is 5.91 Å². The topological polar surface area (TPSA) is 29.1 Å². The highest BCUT2D eigenvalue weighted by molar-refractivity contribution is 6.42. The van der Waals surface area contributed by atoms with Crippen LogP contribution in [0.1, 0.15) is 11.1 Å². The van der Waals surface area contributed by atoms with E-state index in [9.17, 15) is 4.79 Å². The molecule has 0 aliphatic heterocycles. The summed E-state index contributed by atoms with van der Waals surface area (Å²) in [5.41, 5.74) is 1.46. The maximum atomic E-state index is 11.8. The zero-order chi connectivity index (χ0) is 16.1. The van der Waals surface area contributed by atoms with Crippen molar-refractivity contribution >= 4 is 58.4 Å². The molecule has 0 unspecified atom stereocenters. The van der Waals surface area contributed by atoms with Crippen LogP contribution in [-0.2, 0) is 11.3 Å². The van der Waals surface area contributed by atoms with Crippen molar-refractivity contribution in [2.45, 2.75) is 6.54 Å². The number of nitrogens with one attached hydrogen (secondary N) is 1. The van der Waals surface area contributed by atoms with Gasteiger partial charge in [0, 0.05) is 28.2 Å². The molecule has 114 valence electrons. The summed E-state index contributed by atoms with van der Waals surface area (Å²) in [6, 6.07) is 10.3. The smallest absolute Gasteiger partial charge is 0.244 e. The highest BCUT2D eigenvalue weighted by Gasteiger charge is 2.04. The molecule has 2 aromatic rings. The molecule has 6 heteroatoms. The maximum Gasteiger partial charge on any atom is 0.244 e. The van der Waals surface area contributed by atoms with E-state index in [1.807, 2.05) is 0 Å². The third-order valence-corrected chi connectivity index (χ3v) is 4.25. The van der Waals surface area contributed by atoms with E-state index in [1.165, 1.54) is 6.08 Å². The third kappa shape index (κ3) is 4.65. The van der Waals surface area contributed by atoms with Gasteiger partial charge in [-0.1, -0.05) is 58.5 Å². The van der Waals surface area contributed by atoms with Gasteiger partial charge >= 0.3 is 0 Å². The van der Waals surface area contributed by atoms with Gasteiger partial charge < -0.3 is 5.32 Å². The molecule has 2 nitrogen and oxygen atoms in total. The van der Waals surface area contributed by atoms with Crippen LogP contribution in [0.5, 0.6) is 0 Å². The molecule has 0 aromatic heterocycles. The highest BCUT2D eigenvalue weighted by Crippen LogP contribution is 2.25. The lowest BCUT2D eigenvalue weighted by molar-refractivity contribution is -0.116. The third-order valence-electron chi connectivity index (χ3n) is 2.85. The first-order valence-corrected chi connectivity index (χ1v) is 7.82. The first-order chi connectivity index (χ1) is 10.5. The zero-order valence-corrected chi connectivity index (χ0v) is 14.3. The molecular formula is C16H11Cl4NO. The lowest BCUT2D eigenvalue weighted by Gasteiger charge is -2.04. The van der Waals surface area contributed by atoms with Gasteiger partial charge in [-0.2, -0.15) is 0 Å². The van der Waals surface area contributed by atoms with Crippen LogP contribution in [0.15, 0.2) is 42.5 Å². The van der Waals surface area contributed by atoms with Crippen molar-refractivity contribution in [1.29, 1.82) is 0 Å². The molecular weight excluding hydrogens is 364 g/mol. The molecule has 0 spiro atoms. The first-order valence-electron chi connectivity index (χ1n) is 6.31. The van der Waals surface area contributed by atoms with Crippen molar-refractivity contribution in [1.82, 2.24) is 5.32 Å². The summed E-state index contributed by atoms with van der Waals surface area (Å²) in [7, 11) is 0. The number of amides is 1. The summed E-state index contributed by atoms with van der Waals surface area (Å²) >= 11 is 23.8. The molecule has 0 fully saturated rings. The van der Waals surface area contributed by atoms with Gasteiger partial charge in [-0.25, -0.2) is 0 Å². The van der Waals surface area contributed by atoms with Gasteiger partial charge in [0.1, 0.15) is 0 Å². The van der Waals surface area contributed by atoms with Crippen molar-refractivity contribution in [3.8, 4) is 0 Å². The van der Waals surface area contributed by atoms with Crippen molar-refractivity contribution in [2.75, 3.05) is 0 Å². The molecule has 1 amide bonds. The second kappa shape index (κ2) is 7.89. The van der Waals surface area contributed by atoms with Gasteiger partial charge in [-0.3, -0.25) is 4.79 Å². The molecule has 0 aliphatic carbocycles. The zero-order valence-electron chi connectivity index (χ0n) is 11.2. The quantitative estimate of drug-likeness (QED) is 0.690. The molecule has 0 heterocycles. The summed E-state index contributed by atoms with van der Waals surface area (Å²) in [5, 5.41) is 4.64. The predicted octanol–water partition coefficient (Wildman–Crippen LogP) is 5.63. The van der Waals surface area contributed by atoms with Crippen LogP contribution in [0.2, 0.25) is 20.1 Å². The Balaban J connectivity index is 1.98. The SMILES string of the molecule is O=C(/C=C\c1c(Cl)cccc1Cl)NCc1ccc(Cl)c(Cl)c1. The van der Waals surface area contributed by atoms with Crippen molar-refractivity contribution in [2.24, 2.45) is 0 Å². The number of hydrogen-bond acceptors (Lipinski definition) is 1. The largest absolute Gasteiger partial charge is 0.348 e. The Labute approximate surface area is 148 Å². The van der Waals surface area contributed by atoms with E-state index in [4.69, 9.17) is 46.4 Å². The molecule has 2 aromatic carbocycles. The molecule has 22 heavy (non-hydrogen) atoms. The number of hydrogen-bond donors (Lipinski definition) is 1. The number of halogens is 4. The molecule has 0 radical (unpaired) electrons. The van der Waals surface area contributed by atoms with Crippen LogP contribution in [0, 0.1) is 0 Å². The average Bonchev–Trinajstić information content (AvgIpc) is 2.48. The Kier molecular flexibility index (Phi) is 6.16. The average molecular weight is 375 g/mol. The molecule has 0 atom stereocenters. The van der Waals surface area contributed by atoms with E-state index in [-0.39, 0.29) is 5.91 Å². The minimum Gasteiger partial charge on any atom is -0.348 e. The fourth-order valence-corrected chi connectivity index (χ4v) is 2.57. The fraction of sp³-hybridized carbons (Fsp3) is 0.0625. The molecule has 0 saturated heterocycles. The number of carbonyl (C=O) groups is 1. The number of benzene rings is 2. The van der Waals surface area contributed by atoms with E-state index in [2.05, 4.69) is 5.32 Å². The van der Waals surface area contributed by atoms with Crippen molar-refractivity contribution < 1.29 is 4.79 Å². The van der Waals surface area contributed by atoms with Gasteiger partial charge in [-0.15, -0.1) is 0 Å². The predicted molar refractivity (Wildman–Crippen MR) is 93.8 cm³/mol. The Bertz CT molecular complexity index is 708. The van der Waals surface area contributed by atoms with E-state index >= 15 is 0 Å². The standard InChI is InChI=1S/C16H11Cl4NO/c17-12-2-1-3-13(18)11(12)5-7-16(22)21-9-10-4-6-14(19)15(20)8-10/h1-8H,9H2,(H,21,22)/b7-5-. The normalized spacial score (nSPS) is 10.9. The van der Waals surface area contributed by atoms with Crippen molar-refractivity contribution in [3.63, 3.8) is 0 Å². The summed E-state index contributed by atoms with van der Waals surface area (Å²) in [4.78, 5) is 11.8. The summed E-state index contributed by atoms with van der Waals surface area (Å²) < 4.78 is 0. The summed E-state index contributed by atoms with van der Waals surface area (Å²) in [6.45, 7) is 0.344. The summed E-state index contributed by atoms with van der Waals surface area (Å²) in [6.07, 6.45) is 2.96. The van der Waals surface area contributed by atoms with Gasteiger partial charge in [0.15, 0.2) is 0 Å². The van der Waals surface area contributed by atoms with E-state index in [0.29, 0.717) is 32.2 Å². The van der Waals surface area contributed by atoms with Gasteiger partial charge in [0.05, 0.1) is 10.0 Å². The second-order valence-electron chi connectivity index (χ2n) is 4.43. The molecule has 2 rings (SSSR count). The lowest BCUT2D eigenvalue weighted by Crippen LogP contribution is -2.20.